The topological polar surface area (TPSA) is 73.0 Å². The van der Waals surface area contributed by atoms with Crippen molar-refractivity contribution in [1.29, 1.82) is 0 Å². The lowest BCUT2D eigenvalue weighted by Crippen LogP contribution is -2.45. The highest BCUT2D eigenvalue weighted by Gasteiger charge is 2.33. The molecule has 4 heterocycles. The summed E-state index contributed by atoms with van der Waals surface area (Å²) in [7, 11) is 0. The summed E-state index contributed by atoms with van der Waals surface area (Å²) < 4.78 is 3.53. The SMILES string of the molecule is O=C(Cn1cnc2ccccc2c1=O)N1CCn2cccc2C1c1ccccn1. The van der Waals surface area contributed by atoms with E-state index in [4.69, 9.17) is 0 Å². The van der Waals surface area contributed by atoms with Crippen LogP contribution >= 0.6 is 0 Å². The van der Waals surface area contributed by atoms with E-state index in [1.807, 2.05) is 42.6 Å². The molecule has 144 valence electrons. The van der Waals surface area contributed by atoms with Crippen LogP contribution in [-0.2, 0) is 17.9 Å². The predicted molar refractivity (Wildman–Crippen MR) is 108 cm³/mol. The lowest BCUT2D eigenvalue weighted by Gasteiger charge is -2.36. The van der Waals surface area contributed by atoms with Crippen LogP contribution in [0.2, 0.25) is 0 Å². The maximum Gasteiger partial charge on any atom is 0.261 e. The Hall–Kier alpha value is -3.74. The van der Waals surface area contributed by atoms with Gasteiger partial charge in [-0.3, -0.25) is 19.1 Å². The van der Waals surface area contributed by atoms with Crippen LogP contribution in [0.1, 0.15) is 17.4 Å². The molecule has 0 aliphatic carbocycles. The van der Waals surface area contributed by atoms with E-state index >= 15 is 0 Å². The summed E-state index contributed by atoms with van der Waals surface area (Å²) in [6.07, 6.45) is 5.20. The van der Waals surface area contributed by atoms with Gasteiger partial charge in [0.1, 0.15) is 12.6 Å². The quantitative estimate of drug-likeness (QED) is 0.542. The summed E-state index contributed by atoms with van der Waals surface area (Å²) in [4.78, 5) is 36.7. The number of hydrogen-bond acceptors (Lipinski definition) is 4. The predicted octanol–water partition coefficient (Wildman–Crippen LogP) is 2.22. The van der Waals surface area contributed by atoms with E-state index in [-0.39, 0.29) is 24.1 Å². The molecule has 1 aliphatic heterocycles. The van der Waals surface area contributed by atoms with Gasteiger partial charge in [-0.15, -0.1) is 0 Å². The first-order valence-electron chi connectivity index (χ1n) is 9.52. The summed E-state index contributed by atoms with van der Waals surface area (Å²) in [6.45, 7) is 1.21. The second-order valence-corrected chi connectivity index (χ2v) is 7.07. The molecule has 7 heteroatoms. The first kappa shape index (κ1) is 17.4. The van der Waals surface area contributed by atoms with Gasteiger partial charge in [-0.25, -0.2) is 4.98 Å². The number of pyridine rings is 1. The number of hydrogen-bond donors (Lipinski definition) is 0. The van der Waals surface area contributed by atoms with Gasteiger partial charge in [-0.2, -0.15) is 0 Å². The van der Waals surface area contributed by atoms with E-state index in [1.165, 1.54) is 10.9 Å². The smallest absolute Gasteiger partial charge is 0.261 e. The van der Waals surface area contributed by atoms with Crippen LogP contribution in [0.4, 0.5) is 0 Å². The molecule has 5 rings (SSSR count). The monoisotopic (exact) mass is 385 g/mol. The number of carbonyl (C=O) groups is 1. The number of rotatable bonds is 3. The maximum atomic E-state index is 13.3. The number of nitrogens with zero attached hydrogens (tertiary/aromatic N) is 5. The minimum atomic E-state index is -0.281. The highest BCUT2D eigenvalue weighted by Crippen LogP contribution is 2.31. The molecular weight excluding hydrogens is 366 g/mol. The van der Waals surface area contributed by atoms with Gasteiger partial charge in [0.25, 0.3) is 5.56 Å². The summed E-state index contributed by atoms with van der Waals surface area (Å²) in [5.74, 6) is -0.132. The third-order valence-corrected chi connectivity index (χ3v) is 5.36. The highest BCUT2D eigenvalue weighted by atomic mass is 16.2. The van der Waals surface area contributed by atoms with E-state index in [0.717, 1.165) is 11.4 Å². The van der Waals surface area contributed by atoms with Crippen molar-refractivity contribution in [3.05, 3.63) is 95.1 Å². The molecule has 0 fully saturated rings. The van der Waals surface area contributed by atoms with Gasteiger partial charge in [0.05, 0.1) is 22.9 Å². The average molecular weight is 385 g/mol. The molecule has 0 radical (unpaired) electrons. The summed E-state index contributed by atoms with van der Waals surface area (Å²) >= 11 is 0. The Balaban J connectivity index is 1.50. The van der Waals surface area contributed by atoms with Crippen molar-refractivity contribution in [3.63, 3.8) is 0 Å². The number of aromatic nitrogens is 4. The summed E-state index contributed by atoms with van der Waals surface area (Å²) in [5, 5.41) is 0.511. The van der Waals surface area contributed by atoms with E-state index < -0.39 is 0 Å². The zero-order valence-electron chi connectivity index (χ0n) is 15.7. The van der Waals surface area contributed by atoms with Crippen LogP contribution in [0.25, 0.3) is 10.9 Å². The fourth-order valence-electron chi connectivity index (χ4n) is 3.96. The molecule has 1 amide bonds. The molecule has 0 saturated carbocycles. The largest absolute Gasteiger partial charge is 0.347 e. The van der Waals surface area contributed by atoms with Gasteiger partial charge < -0.3 is 9.47 Å². The van der Waals surface area contributed by atoms with Crippen molar-refractivity contribution in [2.75, 3.05) is 6.54 Å². The molecule has 1 aromatic carbocycles. The van der Waals surface area contributed by atoms with Crippen molar-refractivity contribution < 1.29 is 4.79 Å². The average Bonchev–Trinajstić information content (AvgIpc) is 3.24. The van der Waals surface area contributed by atoms with Gasteiger partial charge in [0.2, 0.25) is 5.91 Å². The lowest BCUT2D eigenvalue weighted by atomic mass is 10.0. The molecule has 29 heavy (non-hydrogen) atoms. The van der Waals surface area contributed by atoms with Crippen LogP contribution in [0.15, 0.2) is 78.1 Å². The molecule has 1 aliphatic rings. The van der Waals surface area contributed by atoms with E-state index in [0.29, 0.717) is 24.0 Å². The summed E-state index contributed by atoms with van der Waals surface area (Å²) in [5.41, 5.74) is 2.25. The fourth-order valence-corrected chi connectivity index (χ4v) is 3.96. The third-order valence-electron chi connectivity index (χ3n) is 5.36. The number of fused-ring (bicyclic) bond motifs is 2. The van der Waals surface area contributed by atoms with E-state index in [1.54, 1.807) is 29.3 Å². The zero-order chi connectivity index (χ0) is 19.8. The molecular formula is C22H19N5O2. The van der Waals surface area contributed by atoms with Crippen molar-refractivity contribution in [2.24, 2.45) is 0 Å². The number of carbonyl (C=O) groups excluding carboxylic acids is 1. The Bertz CT molecular complexity index is 1240. The highest BCUT2D eigenvalue weighted by molar-refractivity contribution is 5.79. The number of amides is 1. The molecule has 1 atom stereocenters. The molecule has 0 N–H and O–H groups in total. The van der Waals surface area contributed by atoms with Gasteiger partial charge in [0, 0.05) is 31.2 Å². The van der Waals surface area contributed by atoms with Gasteiger partial charge in [0.15, 0.2) is 0 Å². The van der Waals surface area contributed by atoms with Gasteiger partial charge >= 0.3 is 0 Å². The Labute approximate surface area is 166 Å². The molecule has 4 aromatic rings. The molecule has 0 saturated heterocycles. The van der Waals surface area contributed by atoms with E-state index in [9.17, 15) is 9.59 Å². The molecule has 7 nitrogen and oxygen atoms in total. The lowest BCUT2D eigenvalue weighted by molar-refractivity contribution is -0.134. The first-order valence-corrected chi connectivity index (χ1v) is 9.52. The minimum absolute atomic E-state index is 0.0549. The van der Waals surface area contributed by atoms with Gasteiger partial charge in [-0.05, 0) is 36.4 Å². The first-order chi connectivity index (χ1) is 14.2. The van der Waals surface area contributed by atoms with Crippen LogP contribution in [0.3, 0.4) is 0 Å². The minimum Gasteiger partial charge on any atom is -0.347 e. The van der Waals surface area contributed by atoms with Crippen LogP contribution < -0.4 is 5.56 Å². The van der Waals surface area contributed by atoms with E-state index in [2.05, 4.69) is 14.5 Å². The van der Waals surface area contributed by atoms with Crippen LogP contribution in [-0.4, -0.2) is 36.5 Å². The second kappa shape index (κ2) is 7.01. The van der Waals surface area contributed by atoms with Crippen molar-refractivity contribution in [3.8, 4) is 0 Å². The standard InChI is InChI=1S/C22H19N5O2/c28-20(14-26-15-24-17-7-2-1-6-16(17)22(26)29)27-13-12-25-11-5-9-19(25)21(27)18-8-3-4-10-23-18/h1-11,15,21H,12-14H2. The van der Waals surface area contributed by atoms with Gasteiger partial charge in [-0.1, -0.05) is 18.2 Å². The van der Waals surface area contributed by atoms with Crippen molar-refractivity contribution in [2.45, 2.75) is 19.1 Å². The maximum absolute atomic E-state index is 13.3. The fraction of sp³-hybridized carbons (Fsp3) is 0.182. The Morgan fingerprint density at radius 2 is 1.86 bits per heavy atom. The molecule has 0 spiro atoms. The third kappa shape index (κ3) is 3.00. The summed E-state index contributed by atoms with van der Waals surface area (Å²) in [6, 6.07) is 16.6. The number of benzene rings is 1. The normalized spacial score (nSPS) is 16.0. The molecule has 1 unspecified atom stereocenters. The Morgan fingerprint density at radius 1 is 1.00 bits per heavy atom. The van der Waals surface area contributed by atoms with Crippen molar-refractivity contribution >= 4 is 16.8 Å². The molecule has 0 bridgehead atoms. The Kier molecular flexibility index (Phi) is 4.20. The van der Waals surface area contributed by atoms with Crippen LogP contribution in [0, 0.1) is 0 Å². The Morgan fingerprint density at radius 3 is 2.72 bits per heavy atom. The number of para-hydroxylation sites is 1. The second-order valence-electron chi connectivity index (χ2n) is 7.07. The van der Waals surface area contributed by atoms with Crippen molar-refractivity contribution in [1.82, 2.24) is 24.0 Å². The molecule has 3 aromatic heterocycles. The zero-order valence-corrected chi connectivity index (χ0v) is 15.7. The van der Waals surface area contributed by atoms with Crippen LogP contribution in [0.5, 0.6) is 0 Å².